The molecule has 0 saturated heterocycles. The van der Waals surface area contributed by atoms with E-state index in [9.17, 15) is 9.90 Å². The Labute approximate surface area is 134 Å². The zero-order valence-electron chi connectivity index (χ0n) is 10.9. The van der Waals surface area contributed by atoms with Gasteiger partial charge in [0.25, 0.3) is 0 Å². The molecule has 0 aromatic heterocycles. The standard InChI is InChI=1S/C17H11BrO2S/c18-11-5-7-12(8-6-11)21-16-10-9-15(17(19)20)13-3-1-2-4-14(13)16/h1-10H,(H,19,20). The van der Waals surface area contributed by atoms with Gasteiger partial charge in [-0.3, -0.25) is 0 Å². The van der Waals surface area contributed by atoms with E-state index in [0.29, 0.717) is 5.56 Å². The molecule has 0 spiro atoms. The van der Waals surface area contributed by atoms with E-state index >= 15 is 0 Å². The van der Waals surface area contributed by atoms with Gasteiger partial charge in [0.05, 0.1) is 5.56 Å². The Balaban J connectivity index is 2.09. The third kappa shape index (κ3) is 2.96. The largest absolute Gasteiger partial charge is 0.478 e. The van der Waals surface area contributed by atoms with E-state index in [1.807, 2.05) is 54.6 Å². The summed E-state index contributed by atoms with van der Waals surface area (Å²) in [6.45, 7) is 0. The van der Waals surface area contributed by atoms with E-state index in [1.165, 1.54) is 0 Å². The summed E-state index contributed by atoms with van der Waals surface area (Å²) in [5, 5.41) is 11.0. The predicted molar refractivity (Wildman–Crippen MR) is 89.2 cm³/mol. The van der Waals surface area contributed by atoms with Crippen molar-refractivity contribution >= 4 is 44.4 Å². The van der Waals surface area contributed by atoms with Gasteiger partial charge in [0.1, 0.15) is 0 Å². The normalized spacial score (nSPS) is 10.7. The van der Waals surface area contributed by atoms with Gasteiger partial charge in [0.2, 0.25) is 0 Å². The number of halogens is 1. The second-order valence-electron chi connectivity index (χ2n) is 4.52. The minimum Gasteiger partial charge on any atom is -0.478 e. The lowest BCUT2D eigenvalue weighted by molar-refractivity contribution is 0.0699. The van der Waals surface area contributed by atoms with Gasteiger partial charge < -0.3 is 5.11 Å². The maximum atomic E-state index is 11.3. The number of hydrogen-bond acceptors (Lipinski definition) is 2. The van der Waals surface area contributed by atoms with Crippen molar-refractivity contribution in [3.8, 4) is 0 Å². The zero-order chi connectivity index (χ0) is 14.8. The third-order valence-corrected chi connectivity index (χ3v) is 4.77. The van der Waals surface area contributed by atoms with Gasteiger partial charge in [-0.1, -0.05) is 52.0 Å². The molecule has 0 saturated carbocycles. The maximum Gasteiger partial charge on any atom is 0.336 e. The van der Waals surface area contributed by atoms with Crippen LogP contribution >= 0.6 is 27.7 Å². The lowest BCUT2D eigenvalue weighted by atomic mass is 10.0. The summed E-state index contributed by atoms with van der Waals surface area (Å²) in [7, 11) is 0. The van der Waals surface area contributed by atoms with Crippen molar-refractivity contribution in [2.45, 2.75) is 9.79 Å². The van der Waals surface area contributed by atoms with Gasteiger partial charge in [-0.25, -0.2) is 4.79 Å². The van der Waals surface area contributed by atoms with Crippen LogP contribution in [0.2, 0.25) is 0 Å². The van der Waals surface area contributed by atoms with Gasteiger partial charge in [-0.15, -0.1) is 0 Å². The van der Waals surface area contributed by atoms with Crippen molar-refractivity contribution in [3.63, 3.8) is 0 Å². The van der Waals surface area contributed by atoms with Crippen LogP contribution in [0.5, 0.6) is 0 Å². The quantitative estimate of drug-likeness (QED) is 0.676. The van der Waals surface area contributed by atoms with Gasteiger partial charge >= 0.3 is 5.97 Å². The van der Waals surface area contributed by atoms with Crippen molar-refractivity contribution in [1.29, 1.82) is 0 Å². The van der Waals surface area contributed by atoms with Crippen LogP contribution < -0.4 is 0 Å². The van der Waals surface area contributed by atoms with Crippen molar-refractivity contribution in [3.05, 3.63) is 70.7 Å². The number of benzene rings is 3. The van der Waals surface area contributed by atoms with E-state index in [2.05, 4.69) is 15.9 Å². The molecular formula is C17H11BrO2S. The fourth-order valence-corrected chi connectivity index (χ4v) is 3.39. The molecule has 2 nitrogen and oxygen atoms in total. The van der Waals surface area contributed by atoms with Gasteiger partial charge in [-0.2, -0.15) is 0 Å². The van der Waals surface area contributed by atoms with Crippen LogP contribution in [-0.4, -0.2) is 11.1 Å². The molecule has 0 atom stereocenters. The second kappa shape index (κ2) is 5.92. The van der Waals surface area contributed by atoms with E-state index in [-0.39, 0.29) is 0 Å². The number of aromatic carboxylic acids is 1. The molecule has 0 bridgehead atoms. The number of hydrogen-bond donors (Lipinski definition) is 1. The Morgan fingerprint density at radius 1 is 0.905 bits per heavy atom. The third-order valence-electron chi connectivity index (χ3n) is 3.16. The minimum absolute atomic E-state index is 0.339. The van der Waals surface area contributed by atoms with Crippen molar-refractivity contribution in [2.24, 2.45) is 0 Å². The molecule has 3 aromatic carbocycles. The van der Waals surface area contributed by atoms with Gasteiger partial charge in [0, 0.05) is 14.3 Å². The Kier molecular flexibility index (Phi) is 3.99. The van der Waals surface area contributed by atoms with Crippen LogP contribution in [0.15, 0.2) is 74.9 Å². The smallest absolute Gasteiger partial charge is 0.336 e. The molecular weight excluding hydrogens is 348 g/mol. The highest BCUT2D eigenvalue weighted by Gasteiger charge is 2.11. The molecule has 0 aliphatic heterocycles. The first-order valence-corrected chi connectivity index (χ1v) is 7.94. The van der Waals surface area contributed by atoms with Crippen molar-refractivity contribution < 1.29 is 9.90 Å². The summed E-state index contributed by atoms with van der Waals surface area (Å²) in [6.07, 6.45) is 0. The van der Waals surface area contributed by atoms with E-state index in [4.69, 9.17) is 0 Å². The van der Waals surface area contributed by atoms with Gasteiger partial charge in [-0.05, 0) is 47.2 Å². The van der Waals surface area contributed by atoms with Crippen molar-refractivity contribution in [1.82, 2.24) is 0 Å². The summed E-state index contributed by atoms with van der Waals surface area (Å²) in [6, 6.07) is 19.2. The fourth-order valence-electron chi connectivity index (χ4n) is 2.18. The molecule has 21 heavy (non-hydrogen) atoms. The highest BCUT2D eigenvalue weighted by molar-refractivity contribution is 9.10. The number of fused-ring (bicyclic) bond motifs is 1. The van der Waals surface area contributed by atoms with Gasteiger partial charge in [0.15, 0.2) is 0 Å². The first kappa shape index (κ1) is 14.2. The van der Waals surface area contributed by atoms with E-state index in [1.54, 1.807) is 17.8 Å². The first-order chi connectivity index (χ1) is 10.1. The molecule has 1 N–H and O–H groups in total. The van der Waals surface area contributed by atoms with Crippen LogP contribution in [0.3, 0.4) is 0 Å². The van der Waals surface area contributed by atoms with E-state index in [0.717, 1.165) is 25.0 Å². The molecule has 0 radical (unpaired) electrons. The highest BCUT2D eigenvalue weighted by Crippen LogP contribution is 2.35. The predicted octanol–water partition coefficient (Wildman–Crippen LogP) is 5.45. The van der Waals surface area contributed by atoms with Crippen LogP contribution in [0, 0.1) is 0 Å². The summed E-state index contributed by atoms with van der Waals surface area (Å²) >= 11 is 5.05. The average molecular weight is 359 g/mol. The average Bonchev–Trinajstić information content (AvgIpc) is 2.49. The van der Waals surface area contributed by atoms with Crippen molar-refractivity contribution in [2.75, 3.05) is 0 Å². The van der Waals surface area contributed by atoms with E-state index < -0.39 is 5.97 Å². The molecule has 0 amide bonds. The fraction of sp³-hybridized carbons (Fsp3) is 0. The Hall–Kier alpha value is -1.78. The van der Waals surface area contributed by atoms with Crippen LogP contribution in [0.1, 0.15) is 10.4 Å². The molecule has 3 rings (SSSR count). The molecule has 4 heteroatoms. The molecule has 0 fully saturated rings. The summed E-state index contributed by atoms with van der Waals surface area (Å²) < 4.78 is 1.04. The van der Waals surface area contributed by atoms with Crippen LogP contribution in [0.4, 0.5) is 0 Å². The summed E-state index contributed by atoms with van der Waals surface area (Å²) in [4.78, 5) is 13.5. The highest BCUT2D eigenvalue weighted by atomic mass is 79.9. The first-order valence-electron chi connectivity index (χ1n) is 6.33. The molecule has 0 aliphatic carbocycles. The number of carbonyl (C=O) groups is 1. The number of carboxylic acids is 1. The molecule has 0 heterocycles. The SMILES string of the molecule is O=C(O)c1ccc(Sc2ccc(Br)cc2)c2ccccc12. The molecule has 0 unspecified atom stereocenters. The summed E-state index contributed by atoms with van der Waals surface area (Å²) in [5.74, 6) is -0.897. The lowest BCUT2D eigenvalue weighted by Gasteiger charge is -2.09. The molecule has 3 aromatic rings. The summed E-state index contributed by atoms with van der Waals surface area (Å²) in [5.41, 5.74) is 0.339. The lowest BCUT2D eigenvalue weighted by Crippen LogP contribution is -1.97. The second-order valence-corrected chi connectivity index (χ2v) is 6.55. The minimum atomic E-state index is -0.897. The Morgan fingerprint density at radius 3 is 2.24 bits per heavy atom. The zero-order valence-corrected chi connectivity index (χ0v) is 13.3. The Morgan fingerprint density at radius 2 is 1.57 bits per heavy atom. The van der Waals surface area contributed by atoms with Crippen LogP contribution in [0.25, 0.3) is 10.8 Å². The number of carboxylic acid groups (broad SMARTS) is 1. The number of rotatable bonds is 3. The topological polar surface area (TPSA) is 37.3 Å². The Bertz CT molecular complexity index is 813. The maximum absolute atomic E-state index is 11.3. The molecule has 104 valence electrons. The molecule has 0 aliphatic rings. The van der Waals surface area contributed by atoms with Crippen LogP contribution in [-0.2, 0) is 0 Å². The monoisotopic (exact) mass is 358 g/mol.